The SMILES string of the molecule is C=C(COCC(F)(F)S(=O)(=O)O)C(=O)OC(C1CCCC1)C(C)(O)C(F)(F)F. The van der Waals surface area contributed by atoms with Crippen LogP contribution in [0.1, 0.15) is 32.6 Å². The number of hydrogen-bond donors (Lipinski definition) is 2. The van der Waals surface area contributed by atoms with Crippen LogP contribution in [-0.4, -0.2) is 60.4 Å². The molecule has 164 valence electrons. The molecule has 2 N–H and O–H groups in total. The van der Waals surface area contributed by atoms with Gasteiger partial charge in [-0.3, -0.25) is 4.55 Å². The van der Waals surface area contributed by atoms with E-state index in [-0.39, 0.29) is 12.8 Å². The summed E-state index contributed by atoms with van der Waals surface area (Å²) in [6, 6.07) is 0. The molecule has 0 heterocycles. The minimum Gasteiger partial charge on any atom is -0.455 e. The first-order valence-electron chi connectivity index (χ1n) is 8.11. The molecular formula is C15H21F5O7S. The van der Waals surface area contributed by atoms with Crippen molar-refractivity contribution in [1.82, 2.24) is 0 Å². The molecule has 28 heavy (non-hydrogen) atoms. The maximum atomic E-state index is 13.2. The molecule has 0 aliphatic heterocycles. The van der Waals surface area contributed by atoms with Crippen molar-refractivity contribution in [3.05, 3.63) is 12.2 Å². The van der Waals surface area contributed by atoms with Crippen molar-refractivity contribution in [3.63, 3.8) is 0 Å². The zero-order valence-electron chi connectivity index (χ0n) is 14.8. The third-order valence-electron chi connectivity index (χ3n) is 4.40. The van der Waals surface area contributed by atoms with Gasteiger partial charge in [-0.05, 0) is 25.7 Å². The summed E-state index contributed by atoms with van der Waals surface area (Å²) in [5.41, 5.74) is -4.02. The fraction of sp³-hybridized carbons (Fsp3) is 0.800. The van der Waals surface area contributed by atoms with Crippen LogP contribution >= 0.6 is 0 Å². The molecule has 0 radical (unpaired) electrons. The number of esters is 1. The van der Waals surface area contributed by atoms with Crippen LogP contribution in [0.5, 0.6) is 0 Å². The third-order valence-corrected chi connectivity index (χ3v) is 5.28. The summed E-state index contributed by atoms with van der Waals surface area (Å²) in [6.07, 6.45) is -5.31. The highest BCUT2D eigenvalue weighted by molar-refractivity contribution is 7.86. The van der Waals surface area contributed by atoms with Gasteiger partial charge >= 0.3 is 27.5 Å². The first kappa shape index (κ1) is 24.7. The largest absolute Gasteiger partial charge is 0.455 e. The minimum atomic E-state index is -5.75. The van der Waals surface area contributed by atoms with E-state index in [0.29, 0.717) is 19.8 Å². The van der Waals surface area contributed by atoms with E-state index in [9.17, 15) is 40.3 Å². The quantitative estimate of drug-likeness (QED) is 0.245. The fourth-order valence-corrected chi connectivity index (χ4v) is 2.95. The molecule has 0 aromatic heterocycles. The van der Waals surface area contributed by atoms with E-state index >= 15 is 0 Å². The Morgan fingerprint density at radius 3 is 2.14 bits per heavy atom. The van der Waals surface area contributed by atoms with E-state index in [0.717, 1.165) is 0 Å². The monoisotopic (exact) mass is 440 g/mol. The van der Waals surface area contributed by atoms with Crippen molar-refractivity contribution < 1.29 is 54.3 Å². The Morgan fingerprint density at radius 1 is 1.21 bits per heavy atom. The number of aliphatic hydroxyl groups is 1. The summed E-state index contributed by atoms with van der Waals surface area (Å²) in [7, 11) is -5.75. The van der Waals surface area contributed by atoms with Crippen LogP contribution in [-0.2, 0) is 24.4 Å². The Bertz CT molecular complexity index is 681. The third kappa shape index (κ3) is 5.84. The number of carbonyl (C=O) groups excluding carboxylic acids is 1. The van der Waals surface area contributed by atoms with Crippen molar-refractivity contribution in [2.24, 2.45) is 5.92 Å². The highest BCUT2D eigenvalue weighted by Crippen LogP contribution is 2.42. The molecule has 0 saturated heterocycles. The van der Waals surface area contributed by atoms with E-state index in [4.69, 9.17) is 9.29 Å². The van der Waals surface area contributed by atoms with Crippen molar-refractivity contribution in [2.45, 2.75) is 55.7 Å². The molecule has 1 fully saturated rings. The molecule has 1 aliphatic carbocycles. The molecule has 0 aromatic carbocycles. The van der Waals surface area contributed by atoms with Crippen molar-refractivity contribution in [1.29, 1.82) is 0 Å². The Labute approximate surface area is 158 Å². The average molecular weight is 440 g/mol. The molecule has 1 saturated carbocycles. The van der Waals surface area contributed by atoms with Gasteiger partial charge in [0.2, 0.25) is 0 Å². The molecule has 0 amide bonds. The van der Waals surface area contributed by atoms with E-state index in [1.807, 2.05) is 0 Å². The smallest absolute Gasteiger partial charge is 0.420 e. The van der Waals surface area contributed by atoms with Crippen LogP contribution in [0.3, 0.4) is 0 Å². The minimum absolute atomic E-state index is 0.285. The second kappa shape index (κ2) is 8.59. The number of alkyl halides is 5. The van der Waals surface area contributed by atoms with Crippen molar-refractivity contribution in [2.75, 3.05) is 13.2 Å². The molecule has 2 atom stereocenters. The van der Waals surface area contributed by atoms with Crippen LogP contribution in [0, 0.1) is 5.92 Å². The molecular weight excluding hydrogens is 419 g/mol. The molecule has 0 bridgehead atoms. The standard InChI is InChI=1S/C15H21F5O7S/c1-9(7-26-8-14(16,17)28(23,24)25)12(21)27-11(10-5-3-4-6-10)13(2,22)15(18,19)20/h10-11,22H,1,3-8H2,2H3,(H,23,24,25). The lowest BCUT2D eigenvalue weighted by molar-refractivity contribution is -0.291. The maximum Gasteiger partial charge on any atom is 0.420 e. The van der Waals surface area contributed by atoms with E-state index in [2.05, 4.69) is 11.3 Å². The molecule has 1 rings (SSSR count). The van der Waals surface area contributed by atoms with Gasteiger partial charge in [0.15, 0.2) is 5.60 Å². The second-order valence-electron chi connectivity index (χ2n) is 6.72. The summed E-state index contributed by atoms with van der Waals surface area (Å²) in [5.74, 6) is -2.19. The fourth-order valence-electron chi connectivity index (χ4n) is 2.72. The molecule has 0 spiro atoms. The second-order valence-corrected chi connectivity index (χ2v) is 8.27. The van der Waals surface area contributed by atoms with E-state index in [1.54, 1.807) is 0 Å². The average Bonchev–Trinajstić information content (AvgIpc) is 3.03. The van der Waals surface area contributed by atoms with Gasteiger partial charge in [-0.1, -0.05) is 19.4 Å². The Kier molecular flexibility index (Phi) is 7.59. The lowest BCUT2D eigenvalue weighted by Gasteiger charge is -2.37. The predicted molar refractivity (Wildman–Crippen MR) is 85.0 cm³/mol. The zero-order chi connectivity index (χ0) is 22.0. The van der Waals surface area contributed by atoms with Crippen LogP contribution in [0.15, 0.2) is 12.2 Å². The summed E-state index contributed by atoms with van der Waals surface area (Å²) in [6.45, 7) is 0.803. The van der Waals surface area contributed by atoms with Crippen LogP contribution in [0.4, 0.5) is 22.0 Å². The molecule has 2 unspecified atom stereocenters. The lowest BCUT2D eigenvalue weighted by Crippen LogP contribution is -2.56. The van der Waals surface area contributed by atoms with Crippen LogP contribution < -0.4 is 0 Å². The van der Waals surface area contributed by atoms with Gasteiger partial charge in [-0.25, -0.2) is 4.79 Å². The van der Waals surface area contributed by atoms with Gasteiger partial charge < -0.3 is 14.6 Å². The summed E-state index contributed by atoms with van der Waals surface area (Å²) < 4.78 is 104. The maximum absolute atomic E-state index is 13.2. The number of rotatable bonds is 9. The highest BCUT2D eigenvalue weighted by atomic mass is 32.2. The van der Waals surface area contributed by atoms with E-state index < -0.39 is 63.9 Å². The predicted octanol–water partition coefficient (Wildman–Crippen LogP) is 2.46. The first-order chi connectivity index (χ1) is 12.5. The first-order valence-corrected chi connectivity index (χ1v) is 9.55. The van der Waals surface area contributed by atoms with Gasteiger partial charge in [0.1, 0.15) is 12.7 Å². The Morgan fingerprint density at radius 2 is 1.71 bits per heavy atom. The van der Waals surface area contributed by atoms with Crippen LogP contribution in [0.25, 0.3) is 0 Å². The van der Waals surface area contributed by atoms with Gasteiger partial charge in [-0.2, -0.15) is 30.4 Å². The lowest BCUT2D eigenvalue weighted by atomic mass is 9.86. The van der Waals surface area contributed by atoms with Crippen LogP contribution in [0.2, 0.25) is 0 Å². The molecule has 7 nitrogen and oxygen atoms in total. The molecule has 0 aromatic rings. The highest BCUT2D eigenvalue weighted by Gasteiger charge is 2.59. The topological polar surface area (TPSA) is 110 Å². The van der Waals surface area contributed by atoms with E-state index in [1.165, 1.54) is 0 Å². The van der Waals surface area contributed by atoms with Gasteiger partial charge in [-0.15, -0.1) is 0 Å². The van der Waals surface area contributed by atoms with Crippen molar-refractivity contribution in [3.8, 4) is 0 Å². The number of carbonyl (C=O) groups is 1. The summed E-state index contributed by atoms with van der Waals surface area (Å²) in [5, 5.41) is 5.27. The number of hydrogen-bond acceptors (Lipinski definition) is 6. The Balaban J connectivity index is 2.78. The molecule has 1 aliphatic rings. The van der Waals surface area contributed by atoms with Crippen molar-refractivity contribution >= 4 is 16.1 Å². The number of ether oxygens (including phenoxy) is 2. The Hall–Kier alpha value is -1.31. The normalized spacial score (nSPS) is 19.9. The van der Waals surface area contributed by atoms with Gasteiger partial charge in [0, 0.05) is 0 Å². The summed E-state index contributed by atoms with van der Waals surface area (Å²) >= 11 is 0. The summed E-state index contributed by atoms with van der Waals surface area (Å²) in [4.78, 5) is 12.0. The van der Waals surface area contributed by atoms with Gasteiger partial charge in [0.05, 0.1) is 12.2 Å². The molecule has 13 heteroatoms. The number of halogens is 5. The van der Waals surface area contributed by atoms with Gasteiger partial charge in [0.25, 0.3) is 0 Å². The zero-order valence-corrected chi connectivity index (χ0v) is 15.7.